The second-order valence-electron chi connectivity index (χ2n) is 6.28. The van der Waals surface area contributed by atoms with Gasteiger partial charge in [0.05, 0.1) is 6.61 Å². The second-order valence-corrected chi connectivity index (χ2v) is 7.20. The van der Waals surface area contributed by atoms with Crippen molar-refractivity contribution in [2.24, 2.45) is 0 Å². The number of fused-ring (bicyclic) bond motifs is 2. The van der Waals surface area contributed by atoms with Crippen molar-refractivity contribution in [2.45, 2.75) is 12.8 Å². The predicted octanol–water partition coefficient (Wildman–Crippen LogP) is 4.44. The number of hydrogen-bond donors (Lipinski definition) is 1. The molecule has 24 heavy (non-hydrogen) atoms. The topological polar surface area (TPSA) is 32.7 Å². The third kappa shape index (κ3) is 2.90. The average molecular weight is 386 g/mol. The number of β-amino-alcohol motifs (C(OH)–C–C–N with tert-alkyl or cyclic N) is 1. The van der Waals surface area contributed by atoms with Crippen LogP contribution in [0.3, 0.4) is 0 Å². The van der Waals surface area contributed by atoms with Crippen LogP contribution in [0.4, 0.5) is 0 Å². The first-order chi connectivity index (χ1) is 11.8. The van der Waals surface area contributed by atoms with Gasteiger partial charge >= 0.3 is 0 Å². The van der Waals surface area contributed by atoms with Gasteiger partial charge in [-0.2, -0.15) is 0 Å². The number of ether oxygens (including phenoxy) is 1. The van der Waals surface area contributed by atoms with Crippen LogP contribution >= 0.6 is 15.9 Å². The zero-order valence-electron chi connectivity index (χ0n) is 13.5. The molecule has 2 aromatic carbocycles. The van der Waals surface area contributed by atoms with Crippen molar-refractivity contribution in [1.29, 1.82) is 0 Å². The van der Waals surface area contributed by atoms with E-state index < -0.39 is 0 Å². The molecule has 4 rings (SSSR count). The van der Waals surface area contributed by atoms with E-state index in [4.69, 9.17) is 9.84 Å². The quantitative estimate of drug-likeness (QED) is 0.707. The lowest BCUT2D eigenvalue weighted by atomic mass is 9.86. The Morgan fingerprint density at radius 2 is 1.75 bits per heavy atom. The Hall–Kier alpha value is -1.62. The average Bonchev–Trinajstić information content (AvgIpc) is 2.61. The monoisotopic (exact) mass is 385 g/mol. The molecular weight excluding hydrogens is 366 g/mol. The van der Waals surface area contributed by atoms with Gasteiger partial charge in [-0.1, -0.05) is 39.7 Å². The first-order valence-corrected chi connectivity index (χ1v) is 9.18. The number of aliphatic hydroxyl groups is 1. The minimum Gasteiger partial charge on any atom is -0.456 e. The van der Waals surface area contributed by atoms with E-state index in [-0.39, 0.29) is 6.61 Å². The zero-order valence-corrected chi connectivity index (χ0v) is 15.1. The van der Waals surface area contributed by atoms with Crippen molar-refractivity contribution >= 4 is 21.5 Å². The molecule has 0 saturated carbocycles. The lowest BCUT2D eigenvalue weighted by molar-refractivity contribution is 0.187. The summed E-state index contributed by atoms with van der Waals surface area (Å²) in [4.78, 5) is 2.33. The van der Waals surface area contributed by atoms with Crippen LogP contribution in [-0.2, 0) is 0 Å². The fourth-order valence-electron chi connectivity index (χ4n) is 3.63. The van der Waals surface area contributed by atoms with E-state index in [0.29, 0.717) is 0 Å². The maximum absolute atomic E-state index is 9.15. The smallest absolute Gasteiger partial charge is 0.135 e. The minimum atomic E-state index is 0.234. The number of benzene rings is 2. The van der Waals surface area contributed by atoms with Crippen molar-refractivity contribution in [3.05, 3.63) is 63.6 Å². The lowest BCUT2D eigenvalue weighted by Gasteiger charge is -2.31. The summed E-state index contributed by atoms with van der Waals surface area (Å²) in [6, 6.07) is 14.5. The third-order valence-electron chi connectivity index (χ3n) is 4.82. The Labute approximate surface area is 150 Å². The minimum absolute atomic E-state index is 0.234. The van der Waals surface area contributed by atoms with Gasteiger partial charge in [0, 0.05) is 35.2 Å². The number of para-hydroxylation sites is 1. The van der Waals surface area contributed by atoms with E-state index in [1.165, 1.54) is 22.3 Å². The fraction of sp³-hybridized carbons (Fsp3) is 0.300. The summed E-state index contributed by atoms with van der Waals surface area (Å²) in [6.07, 6.45) is 2.07. The number of hydrogen-bond acceptors (Lipinski definition) is 3. The van der Waals surface area contributed by atoms with Crippen LogP contribution in [0, 0.1) is 0 Å². The van der Waals surface area contributed by atoms with Crippen LogP contribution in [-0.4, -0.2) is 36.2 Å². The van der Waals surface area contributed by atoms with Crippen LogP contribution < -0.4 is 4.74 Å². The van der Waals surface area contributed by atoms with Crippen molar-refractivity contribution < 1.29 is 9.84 Å². The molecule has 0 amide bonds. The number of halogens is 1. The number of rotatable bonds is 2. The molecule has 0 aromatic heterocycles. The summed E-state index contributed by atoms with van der Waals surface area (Å²) in [7, 11) is 0. The standard InChI is InChI=1S/C20H20BrNO2/c21-15-5-6-19-17(13-15)20(16-3-1-2-4-18(16)24-19)14-7-9-22(10-8-14)11-12-23/h1-6,13,23H,7-12H2. The van der Waals surface area contributed by atoms with Crippen molar-refractivity contribution in [3.63, 3.8) is 0 Å². The molecule has 3 nitrogen and oxygen atoms in total. The Morgan fingerprint density at radius 3 is 2.54 bits per heavy atom. The van der Waals surface area contributed by atoms with Gasteiger partial charge in [-0.25, -0.2) is 0 Å². The van der Waals surface area contributed by atoms with Gasteiger partial charge in [-0.15, -0.1) is 0 Å². The highest BCUT2D eigenvalue weighted by molar-refractivity contribution is 9.10. The molecule has 1 fully saturated rings. The molecule has 2 aromatic rings. The molecule has 0 aliphatic carbocycles. The molecule has 1 N–H and O–H groups in total. The first-order valence-electron chi connectivity index (χ1n) is 8.38. The molecule has 0 unspecified atom stereocenters. The highest BCUT2D eigenvalue weighted by atomic mass is 79.9. The van der Waals surface area contributed by atoms with E-state index in [0.717, 1.165) is 48.4 Å². The molecule has 0 spiro atoms. The van der Waals surface area contributed by atoms with Crippen LogP contribution in [0.15, 0.2) is 52.5 Å². The maximum atomic E-state index is 9.15. The Kier molecular flexibility index (Phi) is 4.44. The second kappa shape index (κ2) is 6.71. The Morgan fingerprint density at radius 1 is 1.00 bits per heavy atom. The molecule has 2 heterocycles. The summed E-state index contributed by atoms with van der Waals surface area (Å²) in [5.41, 5.74) is 5.18. The lowest BCUT2D eigenvalue weighted by Crippen LogP contribution is -2.33. The van der Waals surface area contributed by atoms with Crippen molar-refractivity contribution in [1.82, 2.24) is 4.90 Å². The summed E-state index contributed by atoms with van der Waals surface area (Å²) in [6.45, 7) is 3.01. The van der Waals surface area contributed by atoms with Crippen LogP contribution in [0.5, 0.6) is 11.5 Å². The first kappa shape index (κ1) is 15.9. The Bertz CT molecular complexity index is 790. The van der Waals surface area contributed by atoms with Gasteiger partial charge in [-0.05, 0) is 42.7 Å². The molecule has 124 valence electrons. The number of nitrogens with zero attached hydrogens (tertiary/aromatic N) is 1. The SMILES string of the molecule is OCCN1CCC(=C2c3ccccc3Oc3ccc(Br)cc32)CC1. The fourth-order valence-corrected chi connectivity index (χ4v) is 3.99. The zero-order chi connectivity index (χ0) is 16.5. The summed E-state index contributed by atoms with van der Waals surface area (Å²) in [5.74, 6) is 1.87. The number of likely N-dealkylation sites (tertiary alicyclic amines) is 1. The van der Waals surface area contributed by atoms with Gasteiger partial charge < -0.3 is 14.7 Å². The molecule has 4 heteroatoms. The van der Waals surface area contributed by atoms with Crippen LogP contribution in [0.2, 0.25) is 0 Å². The molecule has 2 aliphatic heterocycles. The van der Waals surface area contributed by atoms with Crippen molar-refractivity contribution in [2.75, 3.05) is 26.2 Å². The van der Waals surface area contributed by atoms with Gasteiger partial charge in [0.25, 0.3) is 0 Å². The Balaban J connectivity index is 1.80. The van der Waals surface area contributed by atoms with Crippen LogP contribution in [0.1, 0.15) is 24.0 Å². The highest BCUT2D eigenvalue weighted by Gasteiger charge is 2.26. The van der Waals surface area contributed by atoms with Gasteiger partial charge in [0.1, 0.15) is 11.5 Å². The van der Waals surface area contributed by atoms with Gasteiger partial charge in [-0.3, -0.25) is 0 Å². The summed E-state index contributed by atoms with van der Waals surface area (Å²) < 4.78 is 7.18. The van der Waals surface area contributed by atoms with E-state index in [9.17, 15) is 0 Å². The van der Waals surface area contributed by atoms with E-state index in [1.807, 2.05) is 24.3 Å². The van der Waals surface area contributed by atoms with Crippen LogP contribution in [0.25, 0.3) is 5.57 Å². The molecule has 0 bridgehead atoms. The highest BCUT2D eigenvalue weighted by Crippen LogP contribution is 2.47. The molecule has 2 aliphatic rings. The molecule has 0 atom stereocenters. The number of aliphatic hydroxyl groups excluding tert-OH is 1. The third-order valence-corrected chi connectivity index (χ3v) is 5.31. The molecular formula is C20H20BrNO2. The van der Waals surface area contributed by atoms with Crippen molar-refractivity contribution in [3.8, 4) is 11.5 Å². The molecule has 0 radical (unpaired) electrons. The molecule has 1 saturated heterocycles. The summed E-state index contributed by atoms with van der Waals surface area (Å²) >= 11 is 3.60. The van der Waals surface area contributed by atoms with Gasteiger partial charge in [0.15, 0.2) is 0 Å². The summed E-state index contributed by atoms with van der Waals surface area (Å²) in [5, 5.41) is 9.15. The maximum Gasteiger partial charge on any atom is 0.135 e. The predicted molar refractivity (Wildman–Crippen MR) is 99.4 cm³/mol. The van der Waals surface area contributed by atoms with E-state index >= 15 is 0 Å². The van der Waals surface area contributed by atoms with E-state index in [1.54, 1.807) is 0 Å². The van der Waals surface area contributed by atoms with E-state index in [2.05, 4.69) is 39.0 Å². The largest absolute Gasteiger partial charge is 0.456 e. The van der Waals surface area contributed by atoms with Gasteiger partial charge in [0.2, 0.25) is 0 Å². The normalized spacial score (nSPS) is 17.2. The number of piperidine rings is 1.